The van der Waals surface area contributed by atoms with E-state index in [2.05, 4.69) is 59.2 Å². The van der Waals surface area contributed by atoms with E-state index in [0.29, 0.717) is 12.1 Å². The summed E-state index contributed by atoms with van der Waals surface area (Å²) < 4.78 is 0. The number of nitrogens with one attached hydrogen (secondary N) is 2. The summed E-state index contributed by atoms with van der Waals surface area (Å²) >= 11 is 0. The highest BCUT2D eigenvalue weighted by atomic mass is 14.9. The number of fused-ring (bicyclic) bond motifs is 2. The molecule has 0 saturated heterocycles. The molecule has 0 amide bonds. The third-order valence-corrected chi connectivity index (χ3v) is 6.17. The second-order valence-corrected chi connectivity index (χ2v) is 7.96. The molecule has 26 heavy (non-hydrogen) atoms. The summed E-state index contributed by atoms with van der Waals surface area (Å²) in [6.45, 7) is 2.11. The number of benzene rings is 2. The van der Waals surface area contributed by atoms with E-state index in [1.54, 1.807) is 0 Å². The fourth-order valence-electron chi connectivity index (χ4n) is 4.68. The predicted octanol–water partition coefficient (Wildman–Crippen LogP) is 5.80. The molecular formula is C24H32N2. The summed E-state index contributed by atoms with van der Waals surface area (Å²) in [5.41, 5.74) is 6.08. The van der Waals surface area contributed by atoms with Gasteiger partial charge in [0.05, 0.1) is 0 Å². The molecule has 138 valence electrons. The summed E-state index contributed by atoms with van der Waals surface area (Å²) in [5, 5.41) is 7.33. The average Bonchev–Trinajstić information content (AvgIpc) is 3.28. The molecule has 0 fully saturated rings. The van der Waals surface area contributed by atoms with Crippen LogP contribution < -0.4 is 10.6 Å². The van der Waals surface area contributed by atoms with Crippen LogP contribution in [0.15, 0.2) is 48.5 Å². The van der Waals surface area contributed by atoms with Crippen LogP contribution >= 0.6 is 0 Å². The first kappa shape index (κ1) is 17.8. The van der Waals surface area contributed by atoms with E-state index in [9.17, 15) is 0 Å². The first-order chi connectivity index (χ1) is 12.9. The van der Waals surface area contributed by atoms with Gasteiger partial charge >= 0.3 is 0 Å². The third kappa shape index (κ3) is 4.19. The van der Waals surface area contributed by atoms with E-state index >= 15 is 0 Å². The first-order valence-electron chi connectivity index (χ1n) is 10.5. The molecule has 2 atom stereocenters. The second kappa shape index (κ2) is 8.83. The van der Waals surface area contributed by atoms with Crippen molar-refractivity contribution in [2.75, 3.05) is 0 Å². The maximum Gasteiger partial charge on any atom is 0.0326 e. The molecular weight excluding hydrogens is 316 g/mol. The lowest BCUT2D eigenvalue weighted by atomic mass is 9.98. The molecule has 2 N–H and O–H groups in total. The Kier molecular flexibility index (Phi) is 6.03. The average molecular weight is 349 g/mol. The van der Waals surface area contributed by atoms with Gasteiger partial charge < -0.3 is 10.6 Å². The van der Waals surface area contributed by atoms with Crippen LogP contribution in [-0.4, -0.2) is 0 Å². The molecule has 4 rings (SSSR count). The normalized spacial score (nSPS) is 20.9. The Morgan fingerprint density at radius 1 is 0.577 bits per heavy atom. The molecule has 0 bridgehead atoms. The van der Waals surface area contributed by atoms with E-state index in [4.69, 9.17) is 0 Å². The molecule has 2 aliphatic heterocycles. The first-order valence-corrected chi connectivity index (χ1v) is 10.5. The Hall–Kier alpha value is -1.64. The molecule has 2 heteroatoms. The van der Waals surface area contributed by atoms with E-state index in [1.165, 1.54) is 73.6 Å². The third-order valence-electron chi connectivity index (χ3n) is 6.17. The lowest BCUT2D eigenvalue weighted by Gasteiger charge is -2.13. The number of unbranched alkanes of at least 4 members (excludes halogenated alkanes) is 5. The van der Waals surface area contributed by atoms with Gasteiger partial charge in [0.15, 0.2) is 0 Å². The number of hydrogen-bond acceptors (Lipinski definition) is 2. The van der Waals surface area contributed by atoms with Crippen LogP contribution in [-0.2, 0) is 13.1 Å². The zero-order valence-electron chi connectivity index (χ0n) is 15.8. The van der Waals surface area contributed by atoms with Crippen molar-refractivity contribution < 1.29 is 0 Å². The van der Waals surface area contributed by atoms with Crippen LogP contribution in [0.2, 0.25) is 0 Å². The Balaban J connectivity index is 1.06. The maximum absolute atomic E-state index is 3.67. The van der Waals surface area contributed by atoms with Crippen LogP contribution in [0.1, 0.15) is 85.7 Å². The van der Waals surface area contributed by atoms with Gasteiger partial charge in [-0.15, -0.1) is 0 Å². The molecule has 2 unspecified atom stereocenters. The Morgan fingerprint density at radius 3 is 1.50 bits per heavy atom. The number of hydrogen-bond donors (Lipinski definition) is 2. The van der Waals surface area contributed by atoms with Gasteiger partial charge in [0.1, 0.15) is 0 Å². The highest BCUT2D eigenvalue weighted by Gasteiger charge is 2.21. The van der Waals surface area contributed by atoms with E-state index in [0.717, 1.165) is 13.1 Å². The fourth-order valence-corrected chi connectivity index (χ4v) is 4.68. The molecule has 0 aliphatic carbocycles. The van der Waals surface area contributed by atoms with Crippen LogP contribution in [0.25, 0.3) is 0 Å². The Labute approximate surface area is 158 Å². The molecule has 2 nitrogen and oxygen atoms in total. The highest BCUT2D eigenvalue weighted by Crippen LogP contribution is 2.30. The summed E-state index contributed by atoms with van der Waals surface area (Å²) in [6.07, 6.45) is 10.8. The lowest BCUT2D eigenvalue weighted by Crippen LogP contribution is -2.11. The van der Waals surface area contributed by atoms with Crippen LogP contribution in [0.4, 0.5) is 0 Å². The summed E-state index contributed by atoms with van der Waals surface area (Å²) in [5.74, 6) is 0. The SMILES string of the molecule is c1ccc2c(c1)CNC2CCCCCCCCC1NCc2ccccc21. The molecule has 0 spiro atoms. The minimum absolute atomic E-state index is 0.597. The topological polar surface area (TPSA) is 24.1 Å². The standard InChI is InChI=1S/C24H32N2/c1(3-5-15-23-21-13-9-7-11-19(21)17-25-23)2-4-6-16-24-22-14-10-8-12-20(22)18-26-24/h7-14,23-26H,1-6,15-18H2. The minimum Gasteiger partial charge on any atom is -0.306 e. The van der Waals surface area contributed by atoms with Gasteiger partial charge in [0, 0.05) is 25.2 Å². The van der Waals surface area contributed by atoms with Crippen molar-refractivity contribution in [3.05, 3.63) is 70.8 Å². The van der Waals surface area contributed by atoms with Crippen molar-refractivity contribution >= 4 is 0 Å². The molecule has 2 heterocycles. The molecule has 2 aromatic rings. The van der Waals surface area contributed by atoms with Gasteiger partial charge in [-0.2, -0.15) is 0 Å². The van der Waals surface area contributed by atoms with Crippen LogP contribution in [0, 0.1) is 0 Å². The highest BCUT2D eigenvalue weighted by molar-refractivity contribution is 5.34. The van der Waals surface area contributed by atoms with Crippen molar-refractivity contribution in [3.63, 3.8) is 0 Å². The molecule has 2 aromatic carbocycles. The quantitative estimate of drug-likeness (QED) is 0.560. The fraction of sp³-hybridized carbons (Fsp3) is 0.500. The van der Waals surface area contributed by atoms with E-state index in [1.807, 2.05) is 0 Å². The van der Waals surface area contributed by atoms with Crippen molar-refractivity contribution in [1.82, 2.24) is 10.6 Å². The van der Waals surface area contributed by atoms with Crippen molar-refractivity contribution in [3.8, 4) is 0 Å². The van der Waals surface area contributed by atoms with Gasteiger partial charge in [-0.1, -0.05) is 87.1 Å². The van der Waals surface area contributed by atoms with Gasteiger partial charge in [0.2, 0.25) is 0 Å². The molecule has 0 radical (unpaired) electrons. The van der Waals surface area contributed by atoms with Gasteiger partial charge in [0.25, 0.3) is 0 Å². The molecule has 0 saturated carbocycles. The lowest BCUT2D eigenvalue weighted by molar-refractivity contribution is 0.476. The second-order valence-electron chi connectivity index (χ2n) is 7.96. The van der Waals surface area contributed by atoms with Gasteiger partial charge in [-0.05, 0) is 35.1 Å². The predicted molar refractivity (Wildman–Crippen MR) is 109 cm³/mol. The monoisotopic (exact) mass is 348 g/mol. The van der Waals surface area contributed by atoms with Crippen molar-refractivity contribution in [2.45, 2.75) is 76.5 Å². The van der Waals surface area contributed by atoms with Gasteiger partial charge in [-0.3, -0.25) is 0 Å². The summed E-state index contributed by atoms with van der Waals surface area (Å²) in [7, 11) is 0. The minimum atomic E-state index is 0.597. The van der Waals surface area contributed by atoms with Crippen LogP contribution in [0.5, 0.6) is 0 Å². The number of rotatable bonds is 9. The van der Waals surface area contributed by atoms with E-state index in [-0.39, 0.29) is 0 Å². The molecule has 2 aliphatic rings. The summed E-state index contributed by atoms with van der Waals surface area (Å²) in [4.78, 5) is 0. The smallest absolute Gasteiger partial charge is 0.0326 e. The summed E-state index contributed by atoms with van der Waals surface area (Å²) in [6, 6.07) is 19.0. The Morgan fingerprint density at radius 2 is 1.00 bits per heavy atom. The van der Waals surface area contributed by atoms with E-state index < -0.39 is 0 Å². The molecule has 0 aromatic heterocycles. The van der Waals surface area contributed by atoms with Crippen molar-refractivity contribution in [2.24, 2.45) is 0 Å². The Bertz CT molecular complexity index is 647. The van der Waals surface area contributed by atoms with Crippen molar-refractivity contribution in [1.29, 1.82) is 0 Å². The largest absolute Gasteiger partial charge is 0.306 e. The van der Waals surface area contributed by atoms with Gasteiger partial charge in [-0.25, -0.2) is 0 Å². The zero-order chi connectivity index (χ0) is 17.6. The maximum atomic E-state index is 3.67. The van der Waals surface area contributed by atoms with Crippen LogP contribution in [0.3, 0.4) is 0 Å². The zero-order valence-corrected chi connectivity index (χ0v) is 15.8.